The van der Waals surface area contributed by atoms with Crippen LogP contribution in [0.3, 0.4) is 0 Å². The van der Waals surface area contributed by atoms with Crippen LogP contribution in [-0.4, -0.2) is 16.1 Å². The van der Waals surface area contributed by atoms with Gasteiger partial charge >= 0.3 is 6.18 Å². The summed E-state index contributed by atoms with van der Waals surface area (Å²) in [5.74, 6) is 7.62. The quantitative estimate of drug-likeness (QED) is 0.0937. The van der Waals surface area contributed by atoms with Gasteiger partial charge in [-0.25, -0.2) is 0 Å². The Bertz CT molecular complexity index is 2150. The summed E-state index contributed by atoms with van der Waals surface area (Å²) in [6.07, 6.45) is -4.43. The first-order chi connectivity index (χ1) is 23.4. The van der Waals surface area contributed by atoms with Crippen LogP contribution >= 0.6 is 0 Å². The fourth-order valence-corrected chi connectivity index (χ4v) is 19.7. The summed E-state index contributed by atoms with van der Waals surface area (Å²) in [5, 5.41) is 7.48. The van der Waals surface area contributed by atoms with Crippen molar-refractivity contribution in [3.63, 3.8) is 0 Å². The molecule has 0 radical (unpaired) electrons. The third-order valence-corrected chi connectivity index (χ3v) is 24.4. The predicted molar refractivity (Wildman–Crippen MR) is 217 cm³/mol. The normalized spacial score (nSPS) is 13.1. The van der Waals surface area contributed by atoms with Gasteiger partial charge in [-0.05, 0) is 113 Å². The molecule has 0 aliphatic carbocycles. The Morgan fingerprint density at radius 2 is 0.760 bits per heavy atom. The van der Waals surface area contributed by atoms with Gasteiger partial charge in [-0.1, -0.05) is 125 Å². The van der Waals surface area contributed by atoms with E-state index < -0.39 is 27.9 Å². The number of benzene rings is 5. The van der Waals surface area contributed by atoms with Gasteiger partial charge in [0.25, 0.3) is 0 Å². The van der Waals surface area contributed by atoms with Crippen LogP contribution in [0, 0.1) is 22.9 Å². The van der Waals surface area contributed by atoms with E-state index in [9.17, 15) is 13.2 Å². The van der Waals surface area contributed by atoms with Crippen molar-refractivity contribution < 1.29 is 13.2 Å². The maximum atomic E-state index is 14.0. The molecule has 0 aliphatic heterocycles. The summed E-state index contributed by atoms with van der Waals surface area (Å²) in [4.78, 5) is 0. The molecular formula is C45H53F3Si2. The van der Waals surface area contributed by atoms with Gasteiger partial charge in [0.15, 0.2) is 0 Å². The van der Waals surface area contributed by atoms with Crippen molar-refractivity contribution in [1.29, 1.82) is 0 Å². The Balaban J connectivity index is 2.06. The van der Waals surface area contributed by atoms with E-state index >= 15 is 0 Å². The summed E-state index contributed by atoms with van der Waals surface area (Å²) in [6, 6.07) is 21.0. The van der Waals surface area contributed by atoms with E-state index in [4.69, 9.17) is 0 Å². The minimum absolute atomic E-state index is 0.440. The fraction of sp³-hybridized carbons (Fsp3) is 0.422. The first-order valence-electron chi connectivity index (χ1n) is 18.4. The standard InChI is InChI=1S/C45H53F3Si2/c1-28(2)49(29(3)4,30(5)6)21-19-39-41-24-34-15-13-14-16-35(34)25-42(41)40(20-22-50(31(7)8,32(9)10)33(11)12)44-27-37-23-38(45(46,47)48)18-17-36(37)26-43(39)44/h13-18,23-33H,1-12H3. The molecule has 0 N–H and O–H groups in total. The predicted octanol–water partition coefficient (Wildman–Crippen LogP) is 14.5. The van der Waals surface area contributed by atoms with Crippen molar-refractivity contribution in [1.82, 2.24) is 0 Å². The molecule has 0 fully saturated rings. The molecule has 50 heavy (non-hydrogen) atoms. The lowest BCUT2D eigenvalue weighted by Gasteiger charge is -2.38. The summed E-state index contributed by atoms with van der Waals surface area (Å²) >= 11 is 0. The summed E-state index contributed by atoms with van der Waals surface area (Å²) in [7, 11) is -4.27. The number of alkyl halides is 3. The highest BCUT2D eigenvalue weighted by atomic mass is 28.3. The van der Waals surface area contributed by atoms with E-state index in [1.165, 1.54) is 12.1 Å². The number of rotatable bonds is 6. The van der Waals surface area contributed by atoms with E-state index in [1.54, 1.807) is 6.07 Å². The Kier molecular flexibility index (Phi) is 10.5. The second kappa shape index (κ2) is 13.9. The Morgan fingerprint density at radius 1 is 0.440 bits per heavy atom. The van der Waals surface area contributed by atoms with Crippen LogP contribution in [0.15, 0.2) is 66.7 Å². The molecule has 0 bridgehead atoms. The average Bonchev–Trinajstić information content (AvgIpc) is 3.02. The molecule has 0 unspecified atom stereocenters. The van der Waals surface area contributed by atoms with Gasteiger partial charge in [0.2, 0.25) is 0 Å². The van der Waals surface area contributed by atoms with Crippen LogP contribution in [0.4, 0.5) is 13.2 Å². The number of hydrogen-bond acceptors (Lipinski definition) is 0. The lowest BCUT2D eigenvalue weighted by atomic mass is 9.88. The topological polar surface area (TPSA) is 0 Å². The van der Waals surface area contributed by atoms with Crippen LogP contribution < -0.4 is 0 Å². The van der Waals surface area contributed by atoms with E-state index in [0.29, 0.717) is 38.6 Å². The molecule has 0 spiro atoms. The van der Waals surface area contributed by atoms with E-state index in [1.807, 2.05) is 6.07 Å². The third kappa shape index (κ3) is 6.42. The van der Waals surface area contributed by atoms with Gasteiger partial charge in [0.1, 0.15) is 16.1 Å². The lowest BCUT2D eigenvalue weighted by molar-refractivity contribution is -0.137. The van der Waals surface area contributed by atoms with Crippen molar-refractivity contribution in [2.24, 2.45) is 0 Å². The lowest BCUT2D eigenvalue weighted by Crippen LogP contribution is -2.43. The maximum absolute atomic E-state index is 14.0. The summed E-state index contributed by atoms with van der Waals surface area (Å²) in [5.41, 5.74) is 11.9. The molecule has 0 saturated heterocycles. The highest BCUT2D eigenvalue weighted by Crippen LogP contribution is 2.44. The zero-order valence-corrected chi connectivity index (χ0v) is 33.9. The van der Waals surface area contributed by atoms with Crippen molar-refractivity contribution in [2.75, 3.05) is 0 Å². The van der Waals surface area contributed by atoms with E-state index in [-0.39, 0.29) is 0 Å². The zero-order valence-electron chi connectivity index (χ0n) is 31.9. The Hall–Kier alpha value is -3.52. The molecule has 0 aromatic heterocycles. The van der Waals surface area contributed by atoms with Gasteiger partial charge in [-0.3, -0.25) is 0 Å². The molecule has 262 valence electrons. The van der Waals surface area contributed by atoms with Gasteiger partial charge < -0.3 is 0 Å². The Labute approximate surface area is 300 Å². The SMILES string of the molecule is CC(C)[Si](C#Cc1c2cc3ccccc3cc2c(C#C[Si](C(C)C)(C(C)C)C(C)C)c2cc3cc(C(F)(F)F)ccc3cc12)(C(C)C)C(C)C. The molecule has 5 aromatic rings. The van der Waals surface area contributed by atoms with Gasteiger partial charge in [-0.2, -0.15) is 13.2 Å². The Morgan fingerprint density at radius 3 is 1.08 bits per heavy atom. The highest BCUT2D eigenvalue weighted by Gasteiger charge is 2.43. The van der Waals surface area contributed by atoms with Crippen molar-refractivity contribution in [3.05, 3.63) is 83.4 Å². The van der Waals surface area contributed by atoms with Crippen molar-refractivity contribution in [2.45, 2.75) is 123 Å². The van der Waals surface area contributed by atoms with Crippen LogP contribution in [0.25, 0.3) is 43.1 Å². The van der Waals surface area contributed by atoms with Crippen molar-refractivity contribution in [3.8, 4) is 22.9 Å². The molecule has 0 atom stereocenters. The number of halogens is 3. The minimum atomic E-state index is -4.43. The summed E-state index contributed by atoms with van der Waals surface area (Å²) in [6.45, 7) is 27.8. The maximum Gasteiger partial charge on any atom is 0.416 e. The van der Waals surface area contributed by atoms with Gasteiger partial charge in [0, 0.05) is 11.1 Å². The van der Waals surface area contributed by atoms with E-state index in [2.05, 4.69) is 148 Å². The molecular weight excluding hydrogens is 654 g/mol. The number of hydrogen-bond donors (Lipinski definition) is 0. The summed E-state index contributed by atoms with van der Waals surface area (Å²) < 4.78 is 42.0. The zero-order chi connectivity index (χ0) is 36.9. The second-order valence-corrected chi connectivity index (χ2v) is 27.4. The third-order valence-electron chi connectivity index (χ3n) is 11.8. The average molecular weight is 707 g/mol. The smallest absolute Gasteiger partial charge is 0.166 e. The first kappa shape index (κ1) is 37.7. The minimum Gasteiger partial charge on any atom is -0.166 e. The molecule has 5 heteroatoms. The second-order valence-electron chi connectivity index (χ2n) is 16.2. The van der Waals surface area contributed by atoms with Gasteiger partial charge in [0.05, 0.1) is 5.56 Å². The van der Waals surface area contributed by atoms with Crippen molar-refractivity contribution >= 4 is 59.2 Å². The fourth-order valence-electron chi connectivity index (χ4n) is 9.31. The molecule has 0 amide bonds. The van der Waals surface area contributed by atoms with Crippen LogP contribution in [0.2, 0.25) is 33.2 Å². The molecule has 0 heterocycles. The van der Waals surface area contributed by atoms with Crippen LogP contribution in [0.5, 0.6) is 0 Å². The van der Waals surface area contributed by atoms with Crippen LogP contribution in [0.1, 0.15) is 99.8 Å². The molecule has 5 aromatic carbocycles. The monoisotopic (exact) mass is 706 g/mol. The van der Waals surface area contributed by atoms with E-state index in [0.717, 1.165) is 48.8 Å². The molecule has 0 aliphatic rings. The highest BCUT2D eigenvalue weighted by molar-refractivity contribution is 6.91. The molecule has 0 nitrogen and oxygen atoms in total. The molecule has 0 saturated carbocycles. The largest absolute Gasteiger partial charge is 0.416 e. The van der Waals surface area contributed by atoms with Crippen LogP contribution in [-0.2, 0) is 6.18 Å². The number of fused-ring (bicyclic) bond motifs is 4. The van der Waals surface area contributed by atoms with Gasteiger partial charge in [-0.15, -0.1) is 11.1 Å². The molecule has 5 rings (SSSR count). The first-order valence-corrected chi connectivity index (χ1v) is 22.8.